The standard InChI is InChI=1S/C11H12BrClO/c1-14-11-9(12)5-8(6-10(11)13)4-7-2-3-7/h5-7H,2-4H2,1H3. The van der Waals surface area contributed by atoms with Crippen molar-refractivity contribution in [3.05, 3.63) is 27.2 Å². The van der Waals surface area contributed by atoms with E-state index in [0.717, 1.165) is 22.6 Å². The first-order valence-electron chi connectivity index (χ1n) is 4.72. The molecule has 0 heterocycles. The maximum atomic E-state index is 6.08. The van der Waals surface area contributed by atoms with Crippen molar-refractivity contribution in [3.8, 4) is 5.75 Å². The maximum absolute atomic E-state index is 6.08. The van der Waals surface area contributed by atoms with Crippen LogP contribution in [0.2, 0.25) is 5.02 Å². The summed E-state index contributed by atoms with van der Waals surface area (Å²) in [6.45, 7) is 0. The summed E-state index contributed by atoms with van der Waals surface area (Å²) in [5.74, 6) is 1.61. The van der Waals surface area contributed by atoms with Gasteiger partial charge in [0.15, 0.2) is 5.75 Å². The van der Waals surface area contributed by atoms with Crippen molar-refractivity contribution >= 4 is 27.5 Å². The molecule has 3 heteroatoms. The third kappa shape index (κ3) is 2.23. The van der Waals surface area contributed by atoms with Crippen molar-refractivity contribution in [1.82, 2.24) is 0 Å². The Morgan fingerprint density at radius 2 is 2.21 bits per heavy atom. The third-order valence-electron chi connectivity index (χ3n) is 2.48. The van der Waals surface area contributed by atoms with Gasteiger partial charge in [0.05, 0.1) is 16.6 Å². The maximum Gasteiger partial charge on any atom is 0.151 e. The molecule has 0 atom stereocenters. The van der Waals surface area contributed by atoms with Crippen LogP contribution in [0.5, 0.6) is 5.75 Å². The number of benzene rings is 1. The molecule has 0 amide bonds. The van der Waals surface area contributed by atoms with Crippen LogP contribution < -0.4 is 4.74 Å². The zero-order valence-electron chi connectivity index (χ0n) is 8.02. The molecule has 1 aromatic rings. The van der Waals surface area contributed by atoms with Crippen LogP contribution in [0.3, 0.4) is 0 Å². The van der Waals surface area contributed by atoms with Gasteiger partial charge in [-0.25, -0.2) is 0 Å². The number of hydrogen-bond acceptors (Lipinski definition) is 1. The molecule has 1 fully saturated rings. The predicted molar refractivity (Wildman–Crippen MR) is 62.1 cm³/mol. The van der Waals surface area contributed by atoms with E-state index < -0.39 is 0 Å². The van der Waals surface area contributed by atoms with Gasteiger partial charge in [-0.15, -0.1) is 0 Å². The largest absolute Gasteiger partial charge is 0.494 e. The Morgan fingerprint density at radius 1 is 1.50 bits per heavy atom. The van der Waals surface area contributed by atoms with Gasteiger partial charge >= 0.3 is 0 Å². The molecule has 2 rings (SSSR count). The van der Waals surface area contributed by atoms with Crippen LogP contribution in [-0.2, 0) is 6.42 Å². The van der Waals surface area contributed by atoms with E-state index >= 15 is 0 Å². The number of methoxy groups -OCH3 is 1. The van der Waals surface area contributed by atoms with Gasteiger partial charge in [-0.2, -0.15) is 0 Å². The molecule has 0 bridgehead atoms. The minimum atomic E-state index is 0.692. The molecule has 0 saturated heterocycles. The first-order chi connectivity index (χ1) is 6.70. The second-order valence-electron chi connectivity index (χ2n) is 3.74. The minimum Gasteiger partial charge on any atom is -0.494 e. The molecule has 0 radical (unpaired) electrons. The molecule has 1 aromatic carbocycles. The van der Waals surface area contributed by atoms with Crippen LogP contribution in [0.4, 0.5) is 0 Å². The summed E-state index contributed by atoms with van der Waals surface area (Å²) in [7, 11) is 1.63. The lowest BCUT2D eigenvalue weighted by Crippen LogP contribution is -1.91. The van der Waals surface area contributed by atoms with Crippen molar-refractivity contribution < 1.29 is 4.74 Å². The summed E-state index contributed by atoms with van der Waals surface area (Å²) in [5, 5.41) is 0.692. The van der Waals surface area contributed by atoms with E-state index in [-0.39, 0.29) is 0 Å². The summed E-state index contributed by atoms with van der Waals surface area (Å²) < 4.78 is 6.12. The van der Waals surface area contributed by atoms with Crippen LogP contribution in [-0.4, -0.2) is 7.11 Å². The summed E-state index contributed by atoms with van der Waals surface area (Å²) in [6.07, 6.45) is 3.87. The monoisotopic (exact) mass is 274 g/mol. The Labute approximate surface area is 97.5 Å². The van der Waals surface area contributed by atoms with E-state index in [0.29, 0.717) is 5.02 Å². The van der Waals surface area contributed by atoms with E-state index in [1.807, 2.05) is 6.07 Å². The highest BCUT2D eigenvalue weighted by Gasteiger charge is 2.22. The third-order valence-corrected chi connectivity index (χ3v) is 3.35. The number of rotatable bonds is 3. The molecular weight excluding hydrogens is 263 g/mol. The molecule has 14 heavy (non-hydrogen) atoms. The van der Waals surface area contributed by atoms with Crippen molar-refractivity contribution in [2.24, 2.45) is 5.92 Å². The van der Waals surface area contributed by atoms with Crippen LogP contribution in [0, 0.1) is 5.92 Å². The molecule has 0 aromatic heterocycles. The predicted octanol–water partition coefficient (Wildman–Crippen LogP) is 4.06. The van der Waals surface area contributed by atoms with Crippen molar-refractivity contribution in [2.45, 2.75) is 19.3 Å². The average molecular weight is 276 g/mol. The van der Waals surface area contributed by atoms with Gasteiger partial charge in [0, 0.05) is 0 Å². The lowest BCUT2D eigenvalue weighted by molar-refractivity contribution is 0.412. The van der Waals surface area contributed by atoms with Crippen LogP contribution in [0.25, 0.3) is 0 Å². The molecule has 1 nitrogen and oxygen atoms in total. The topological polar surface area (TPSA) is 9.23 Å². The van der Waals surface area contributed by atoms with Crippen LogP contribution in [0.1, 0.15) is 18.4 Å². The van der Waals surface area contributed by atoms with E-state index in [1.165, 1.54) is 18.4 Å². The van der Waals surface area contributed by atoms with Gasteiger partial charge < -0.3 is 4.74 Å². The zero-order valence-corrected chi connectivity index (χ0v) is 10.4. The van der Waals surface area contributed by atoms with Gasteiger partial charge in [-0.05, 0) is 58.8 Å². The summed E-state index contributed by atoms with van der Waals surface area (Å²) in [5.41, 5.74) is 1.30. The lowest BCUT2D eigenvalue weighted by atomic mass is 10.1. The van der Waals surface area contributed by atoms with E-state index in [9.17, 15) is 0 Å². The highest BCUT2D eigenvalue weighted by molar-refractivity contribution is 9.10. The summed E-state index contributed by atoms with van der Waals surface area (Å²) >= 11 is 9.54. The lowest BCUT2D eigenvalue weighted by Gasteiger charge is -2.08. The van der Waals surface area contributed by atoms with E-state index in [1.54, 1.807) is 7.11 Å². The highest BCUT2D eigenvalue weighted by Crippen LogP contribution is 2.38. The van der Waals surface area contributed by atoms with Crippen molar-refractivity contribution in [1.29, 1.82) is 0 Å². The second-order valence-corrected chi connectivity index (χ2v) is 5.00. The number of ether oxygens (including phenoxy) is 1. The fourth-order valence-corrected chi connectivity index (χ4v) is 2.68. The van der Waals surface area contributed by atoms with Gasteiger partial charge in [-0.1, -0.05) is 11.6 Å². The first-order valence-corrected chi connectivity index (χ1v) is 5.89. The second kappa shape index (κ2) is 4.11. The first kappa shape index (κ1) is 10.3. The molecule has 1 aliphatic carbocycles. The normalized spacial score (nSPS) is 15.6. The van der Waals surface area contributed by atoms with Crippen molar-refractivity contribution in [2.75, 3.05) is 7.11 Å². The summed E-state index contributed by atoms with van der Waals surface area (Å²) in [6, 6.07) is 4.10. The molecule has 0 aliphatic heterocycles. The number of hydrogen-bond donors (Lipinski definition) is 0. The Kier molecular flexibility index (Phi) is 3.03. The molecule has 0 spiro atoms. The smallest absolute Gasteiger partial charge is 0.151 e. The fraction of sp³-hybridized carbons (Fsp3) is 0.455. The Hall–Kier alpha value is -0.210. The minimum absolute atomic E-state index is 0.692. The van der Waals surface area contributed by atoms with Gasteiger partial charge in [-0.3, -0.25) is 0 Å². The molecule has 1 saturated carbocycles. The van der Waals surface area contributed by atoms with Crippen LogP contribution >= 0.6 is 27.5 Å². The van der Waals surface area contributed by atoms with E-state index in [4.69, 9.17) is 16.3 Å². The zero-order chi connectivity index (χ0) is 10.1. The van der Waals surface area contributed by atoms with Gasteiger partial charge in [0.2, 0.25) is 0 Å². The van der Waals surface area contributed by atoms with Gasteiger partial charge in [0.25, 0.3) is 0 Å². The molecule has 76 valence electrons. The Morgan fingerprint density at radius 3 is 2.71 bits per heavy atom. The van der Waals surface area contributed by atoms with E-state index in [2.05, 4.69) is 22.0 Å². The quantitative estimate of drug-likeness (QED) is 0.808. The van der Waals surface area contributed by atoms with Crippen molar-refractivity contribution in [3.63, 3.8) is 0 Å². The Balaban J connectivity index is 2.25. The molecular formula is C11H12BrClO. The SMILES string of the molecule is COc1c(Cl)cc(CC2CC2)cc1Br. The number of halogens is 2. The molecule has 0 unspecified atom stereocenters. The molecule has 0 N–H and O–H groups in total. The summed E-state index contributed by atoms with van der Waals surface area (Å²) in [4.78, 5) is 0. The fourth-order valence-electron chi connectivity index (χ4n) is 1.58. The highest BCUT2D eigenvalue weighted by atomic mass is 79.9. The molecule has 1 aliphatic rings. The van der Waals surface area contributed by atoms with Crippen LogP contribution in [0.15, 0.2) is 16.6 Å². The Bertz CT molecular complexity index is 324. The average Bonchev–Trinajstić information content (AvgIpc) is 2.87. The van der Waals surface area contributed by atoms with Gasteiger partial charge in [0.1, 0.15) is 0 Å².